The molecule has 0 amide bonds. The molecule has 0 spiro atoms. The first-order valence-electron chi connectivity index (χ1n) is 9.75. The first-order valence-corrected chi connectivity index (χ1v) is 9.75. The predicted octanol–water partition coefficient (Wildman–Crippen LogP) is 4.01. The fourth-order valence-corrected chi connectivity index (χ4v) is 4.19. The highest BCUT2D eigenvalue weighted by molar-refractivity contribution is 6.33. The second-order valence-electron chi connectivity index (χ2n) is 7.55. The summed E-state index contributed by atoms with van der Waals surface area (Å²) in [5.41, 5.74) is 0.806. The van der Waals surface area contributed by atoms with Gasteiger partial charge in [0, 0.05) is 52.6 Å². The summed E-state index contributed by atoms with van der Waals surface area (Å²) in [6.07, 6.45) is 5.96. The fourth-order valence-electron chi connectivity index (χ4n) is 4.19. The molecular weight excluding hydrogens is 408 g/mol. The van der Waals surface area contributed by atoms with E-state index in [0.29, 0.717) is 16.7 Å². The number of phenols is 3. The van der Waals surface area contributed by atoms with Crippen molar-refractivity contribution in [2.24, 2.45) is 0 Å². The minimum absolute atomic E-state index is 0.0121. The number of phenolic OH excluding ortho intramolecular Hbond substituents is 3. The monoisotopic (exact) mass is 424 g/mol. The number of hydrogen-bond donors (Lipinski definition) is 3. The van der Waals surface area contributed by atoms with Crippen LogP contribution in [0.2, 0.25) is 0 Å². The number of aryl methyl sites for hydroxylation is 1. The van der Waals surface area contributed by atoms with Gasteiger partial charge < -0.3 is 15.3 Å². The maximum atomic E-state index is 13.6. The second-order valence-corrected chi connectivity index (χ2v) is 7.55. The van der Waals surface area contributed by atoms with Crippen LogP contribution in [0.4, 0.5) is 0 Å². The second kappa shape index (κ2) is 7.02. The third-order valence-electron chi connectivity index (χ3n) is 5.54. The van der Waals surface area contributed by atoms with Gasteiger partial charge in [0.2, 0.25) is 5.78 Å². The molecule has 4 aromatic rings. The number of aromatic nitrogens is 2. The van der Waals surface area contributed by atoms with Crippen LogP contribution in [0.15, 0.2) is 61.2 Å². The highest BCUT2D eigenvalue weighted by atomic mass is 16.3. The summed E-state index contributed by atoms with van der Waals surface area (Å²) in [5, 5.41) is 32.9. The van der Waals surface area contributed by atoms with Crippen molar-refractivity contribution in [1.82, 2.24) is 9.97 Å². The van der Waals surface area contributed by atoms with E-state index in [0.717, 1.165) is 0 Å². The molecule has 1 aliphatic carbocycles. The molecule has 0 saturated heterocycles. The van der Waals surface area contributed by atoms with E-state index in [2.05, 4.69) is 9.97 Å². The molecule has 3 N–H and O–H groups in total. The molecule has 2 aromatic heterocycles. The van der Waals surface area contributed by atoms with Gasteiger partial charge in [-0.1, -0.05) is 12.1 Å². The lowest BCUT2D eigenvalue weighted by atomic mass is 9.77. The summed E-state index contributed by atoms with van der Waals surface area (Å²) in [6, 6.07) is 9.41. The van der Waals surface area contributed by atoms with Gasteiger partial charge in [-0.05, 0) is 36.8 Å². The number of carbonyl (C=O) groups is 2. The van der Waals surface area contributed by atoms with Crippen LogP contribution in [-0.4, -0.2) is 36.9 Å². The largest absolute Gasteiger partial charge is 0.507 e. The molecule has 7 heteroatoms. The molecule has 0 saturated carbocycles. The van der Waals surface area contributed by atoms with E-state index in [1.807, 2.05) is 0 Å². The zero-order valence-electron chi connectivity index (χ0n) is 16.8. The highest BCUT2D eigenvalue weighted by Crippen LogP contribution is 2.51. The van der Waals surface area contributed by atoms with Crippen molar-refractivity contribution in [3.63, 3.8) is 0 Å². The standard InChI is InChI=1S/C25H16N2O5/c1-12-8-15-19(16(28)9-12)25(32)21-20(22(15)29)17(13-4-2-6-26-10-13)23(30)18(24(21)31)14-5-3-7-27-11-14/h2-11,28,30-31H,1H3. The van der Waals surface area contributed by atoms with Crippen LogP contribution in [-0.2, 0) is 0 Å². The van der Waals surface area contributed by atoms with Gasteiger partial charge in [0.1, 0.15) is 17.2 Å². The molecular formula is C25H16N2O5. The van der Waals surface area contributed by atoms with Crippen molar-refractivity contribution in [2.75, 3.05) is 0 Å². The van der Waals surface area contributed by atoms with Crippen molar-refractivity contribution >= 4 is 11.6 Å². The molecule has 7 nitrogen and oxygen atoms in total. The van der Waals surface area contributed by atoms with E-state index in [4.69, 9.17) is 0 Å². The average molecular weight is 424 g/mol. The SMILES string of the molecule is Cc1cc(O)c2c(c1)C(=O)c1c(c(O)c(-c3cccnc3)c(O)c1-c1cccnc1)C2=O. The lowest BCUT2D eigenvalue weighted by Gasteiger charge is -2.25. The maximum absolute atomic E-state index is 13.6. The molecule has 1 aliphatic rings. The topological polar surface area (TPSA) is 121 Å². The van der Waals surface area contributed by atoms with Gasteiger partial charge in [0.15, 0.2) is 5.78 Å². The lowest BCUT2D eigenvalue weighted by molar-refractivity contribution is 0.0974. The van der Waals surface area contributed by atoms with E-state index in [-0.39, 0.29) is 44.9 Å². The first kappa shape index (κ1) is 19.4. The van der Waals surface area contributed by atoms with Crippen LogP contribution in [0.3, 0.4) is 0 Å². The molecule has 2 aromatic carbocycles. The Labute approximate surface area is 182 Å². The number of pyridine rings is 2. The van der Waals surface area contributed by atoms with Gasteiger partial charge in [-0.2, -0.15) is 0 Å². The van der Waals surface area contributed by atoms with Crippen molar-refractivity contribution in [2.45, 2.75) is 6.92 Å². The van der Waals surface area contributed by atoms with Crippen molar-refractivity contribution in [3.8, 4) is 39.5 Å². The van der Waals surface area contributed by atoms with Crippen molar-refractivity contribution < 1.29 is 24.9 Å². The van der Waals surface area contributed by atoms with E-state index >= 15 is 0 Å². The number of ketones is 2. The normalized spacial score (nSPS) is 12.4. The summed E-state index contributed by atoms with van der Waals surface area (Å²) in [6.45, 7) is 1.69. The zero-order valence-corrected chi connectivity index (χ0v) is 16.8. The fraction of sp³-hybridized carbons (Fsp3) is 0.0400. The molecule has 0 bridgehead atoms. The van der Waals surface area contributed by atoms with Gasteiger partial charge >= 0.3 is 0 Å². The minimum atomic E-state index is -0.708. The summed E-state index contributed by atoms with van der Waals surface area (Å²) < 4.78 is 0. The highest BCUT2D eigenvalue weighted by Gasteiger charge is 2.39. The molecule has 2 heterocycles. The van der Waals surface area contributed by atoms with Crippen LogP contribution in [0.1, 0.15) is 37.4 Å². The number of benzene rings is 2. The summed E-state index contributed by atoms with van der Waals surface area (Å²) in [4.78, 5) is 35.2. The third-order valence-corrected chi connectivity index (χ3v) is 5.54. The zero-order chi connectivity index (χ0) is 22.6. The molecule has 32 heavy (non-hydrogen) atoms. The first-order chi connectivity index (χ1) is 15.4. The molecule has 0 aliphatic heterocycles. The van der Waals surface area contributed by atoms with Gasteiger partial charge in [-0.3, -0.25) is 19.6 Å². The number of fused-ring (bicyclic) bond motifs is 2. The van der Waals surface area contributed by atoms with Gasteiger partial charge in [0.25, 0.3) is 0 Å². The third kappa shape index (κ3) is 2.68. The molecule has 0 unspecified atom stereocenters. The number of hydrogen-bond acceptors (Lipinski definition) is 7. The Hall–Kier alpha value is -4.52. The summed E-state index contributed by atoms with van der Waals surface area (Å²) >= 11 is 0. The van der Waals surface area contributed by atoms with Crippen LogP contribution in [0.5, 0.6) is 17.2 Å². The van der Waals surface area contributed by atoms with E-state index < -0.39 is 17.3 Å². The predicted molar refractivity (Wildman–Crippen MR) is 116 cm³/mol. The van der Waals surface area contributed by atoms with E-state index in [1.54, 1.807) is 37.4 Å². The van der Waals surface area contributed by atoms with Gasteiger partial charge in [0.05, 0.1) is 16.7 Å². The van der Waals surface area contributed by atoms with E-state index in [1.165, 1.54) is 30.7 Å². The number of carbonyl (C=O) groups excluding carboxylic acids is 2. The van der Waals surface area contributed by atoms with Gasteiger partial charge in [-0.15, -0.1) is 0 Å². The lowest BCUT2D eigenvalue weighted by Crippen LogP contribution is -2.23. The Balaban J connectivity index is 1.95. The van der Waals surface area contributed by atoms with Crippen LogP contribution < -0.4 is 0 Å². The minimum Gasteiger partial charge on any atom is -0.507 e. The van der Waals surface area contributed by atoms with E-state index in [9.17, 15) is 24.9 Å². The molecule has 156 valence electrons. The molecule has 5 rings (SSSR count). The number of aromatic hydroxyl groups is 3. The quantitative estimate of drug-likeness (QED) is 0.391. The van der Waals surface area contributed by atoms with Crippen molar-refractivity contribution in [1.29, 1.82) is 0 Å². The molecule has 0 atom stereocenters. The Kier molecular flexibility index (Phi) is 4.27. The van der Waals surface area contributed by atoms with Crippen molar-refractivity contribution in [3.05, 3.63) is 89.0 Å². The Morgan fingerprint density at radius 2 is 1.28 bits per heavy atom. The average Bonchev–Trinajstić information content (AvgIpc) is 2.78. The smallest absolute Gasteiger partial charge is 0.202 e. The van der Waals surface area contributed by atoms with Crippen LogP contribution >= 0.6 is 0 Å². The molecule has 0 fully saturated rings. The van der Waals surface area contributed by atoms with Crippen LogP contribution in [0, 0.1) is 6.92 Å². The van der Waals surface area contributed by atoms with Gasteiger partial charge in [-0.25, -0.2) is 0 Å². The Morgan fingerprint density at radius 1 is 0.688 bits per heavy atom. The number of nitrogens with zero attached hydrogens (tertiary/aromatic N) is 2. The van der Waals surface area contributed by atoms with Crippen LogP contribution in [0.25, 0.3) is 22.3 Å². The summed E-state index contributed by atoms with van der Waals surface area (Å²) in [5.74, 6) is -2.57. The molecule has 0 radical (unpaired) electrons. The maximum Gasteiger partial charge on any atom is 0.202 e. The Bertz CT molecular complexity index is 1430. The number of rotatable bonds is 2. The Morgan fingerprint density at radius 3 is 1.88 bits per heavy atom. The summed E-state index contributed by atoms with van der Waals surface area (Å²) in [7, 11) is 0.